The van der Waals surface area contributed by atoms with Crippen LogP contribution < -0.4 is 14.4 Å². The molecule has 0 aliphatic heterocycles. The second kappa shape index (κ2) is 9.22. The number of carbonyl (C=O) groups excluding carboxylic acids is 1. The quantitative estimate of drug-likeness (QED) is 0.591. The van der Waals surface area contributed by atoms with E-state index in [1.54, 1.807) is 60.7 Å². The van der Waals surface area contributed by atoms with Gasteiger partial charge in [-0.25, -0.2) is 8.42 Å². The second-order valence-corrected chi connectivity index (χ2v) is 9.19. The number of carbonyl (C=O) groups is 1. The zero-order valence-electron chi connectivity index (χ0n) is 18.0. The van der Waals surface area contributed by atoms with Crippen molar-refractivity contribution in [2.24, 2.45) is 0 Å². The molecule has 1 amide bonds. The van der Waals surface area contributed by atoms with E-state index >= 15 is 0 Å². The average molecular weight is 439 g/mol. The molecule has 0 radical (unpaired) electrons. The summed E-state index contributed by atoms with van der Waals surface area (Å²) in [6.45, 7) is 5.28. The van der Waals surface area contributed by atoms with Crippen LogP contribution >= 0.6 is 0 Å². The summed E-state index contributed by atoms with van der Waals surface area (Å²) in [6, 6.07) is 18.9. The van der Waals surface area contributed by atoms with Crippen LogP contribution in [0.2, 0.25) is 0 Å². The fourth-order valence-electron chi connectivity index (χ4n) is 3.17. The van der Waals surface area contributed by atoms with Crippen LogP contribution in [0.1, 0.15) is 16.7 Å². The van der Waals surface area contributed by atoms with E-state index in [1.807, 2.05) is 26.8 Å². The van der Waals surface area contributed by atoms with Crippen LogP contribution in [0.3, 0.4) is 0 Å². The van der Waals surface area contributed by atoms with Crippen LogP contribution in [-0.2, 0) is 14.8 Å². The molecule has 0 aliphatic carbocycles. The van der Waals surface area contributed by atoms with Gasteiger partial charge in [0.25, 0.3) is 10.0 Å². The van der Waals surface area contributed by atoms with E-state index < -0.39 is 15.9 Å². The van der Waals surface area contributed by atoms with E-state index in [4.69, 9.17) is 4.74 Å². The van der Waals surface area contributed by atoms with Crippen molar-refractivity contribution in [1.82, 2.24) is 0 Å². The molecule has 1 N–H and O–H groups in total. The van der Waals surface area contributed by atoms with Crippen molar-refractivity contribution >= 4 is 27.3 Å². The van der Waals surface area contributed by atoms with Crippen molar-refractivity contribution in [3.05, 3.63) is 83.4 Å². The van der Waals surface area contributed by atoms with Gasteiger partial charge in [-0.2, -0.15) is 0 Å². The number of ether oxygens (including phenoxy) is 1. The molecule has 0 spiro atoms. The van der Waals surface area contributed by atoms with Gasteiger partial charge in [-0.1, -0.05) is 35.9 Å². The first kappa shape index (κ1) is 22.4. The molecular formula is C24H26N2O4S. The molecule has 0 fully saturated rings. The molecule has 31 heavy (non-hydrogen) atoms. The highest BCUT2D eigenvalue weighted by molar-refractivity contribution is 7.92. The van der Waals surface area contributed by atoms with Crippen LogP contribution in [0.25, 0.3) is 0 Å². The molecule has 0 saturated carbocycles. The van der Waals surface area contributed by atoms with E-state index in [0.29, 0.717) is 17.1 Å². The summed E-state index contributed by atoms with van der Waals surface area (Å²) < 4.78 is 33.4. The van der Waals surface area contributed by atoms with E-state index in [2.05, 4.69) is 5.32 Å². The third-order valence-corrected chi connectivity index (χ3v) is 6.87. The maximum Gasteiger partial charge on any atom is 0.264 e. The van der Waals surface area contributed by atoms with Crippen LogP contribution in [0.5, 0.6) is 5.75 Å². The van der Waals surface area contributed by atoms with Gasteiger partial charge in [0, 0.05) is 11.8 Å². The highest BCUT2D eigenvalue weighted by Gasteiger charge is 2.28. The molecular weight excluding hydrogens is 412 g/mol. The molecule has 0 heterocycles. The number of sulfonamides is 1. The minimum absolute atomic E-state index is 0.133. The molecule has 0 bridgehead atoms. The summed E-state index contributed by atoms with van der Waals surface area (Å²) in [6.07, 6.45) is 0. The number of hydrogen-bond acceptors (Lipinski definition) is 4. The lowest BCUT2D eigenvalue weighted by Crippen LogP contribution is -2.38. The van der Waals surface area contributed by atoms with E-state index in [0.717, 1.165) is 21.0 Å². The first-order chi connectivity index (χ1) is 14.7. The van der Waals surface area contributed by atoms with Gasteiger partial charge >= 0.3 is 0 Å². The van der Waals surface area contributed by atoms with Gasteiger partial charge < -0.3 is 10.1 Å². The summed E-state index contributed by atoms with van der Waals surface area (Å²) in [5, 5.41) is 2.76. The Morgan fingerprint density at radius 3 is 2.32 bits per heavy atom. The summed E-state index contributed by atoms with van der Waals surface area (Å²) in [5.74, 6) is 0.140. The van der Waals surface area contributed by atoms with Crippen LogP contribution in [0.15, 0.2) is 71.6 Å². The number of aryl methyl sites for hydroxylation is 2. The molecule has 0 atom stereocenters. The molecule has 7 heteroatoms. The number of amides is 1. The molecule has 3 aromatic rings. The zero-order valence-corrected chi connectivity index (χ0v) is 18.9. The Kier molecular flexibility index (Phi) is 6.65. The number of nitrogens with one attached hydrogen (secondary N) is 1. The van der Waals surface area contributed by atoms with Gasteiger partial charge in [0.2, 0.25) is 5.91 Å². The SMILES string of the molecule is COc1cccc(NC(=O)CN(c2cccc(C)c2C)S(=O)(=O)c2ccc(C)cc2)c1. The van der Waals surface area contributed by atoms with E-state index in [1.165, 1.54) is 7.11 Å². The lowest BCUT2D eigenvalue weighted by molar-refractivity contribution is -0.114. The van der Waals surface area contributed by atoms with Crippen LogP contribution in [0, 0.1) is 20.8 Å². The topological polar surface area (TPSA) is 75.7 Å². The Morgan fingerprint density at radius 1 is 0.968 bits per heavy atom. The lowest BCUT2D eigenvalue weighted by Gasteiger charge is -2.26. The number of rotatable bonds is 7. The van der Waals surface area contributed by atoms with Crippen molar-refractivity contribution in [3.63, 3.8) is 0 Å². The molecule has 0 saturated heterocycles. The number of anilines is 2. The van der Waals surface area contributed by atoms with Crippen molar-refractivity contribution in [1.29, 1.82) is 0 Å². The smallest absolute Gasteiger partial charge is 0.264 e. The third kappa shape index (κ3) is 5.06. The predicted octanol–water partition coefficient (Wildman–Crippen LogP) is 4.45. The number of nitrogens with zero attached hydrogens (tertiary/aromatic N) is 1. The largest absolute Gasteiger partial charge is 0.497 e. The predicted molar refractivity (Wildman–Crippen MR) is 123 cm³/mol. The van der Waals surface area contributed by atoms with Gasteiger partial charge in [-0.3, -0.25) is 9.10 Å². The van der Waals surface area contributed by atoms with Gasteiger partial charge in [0.05, 0.1) is 17.7 Å². The molecule has 0 unspecified atom stereocenters. The molecule has 3 aromatic carbocycles. The normalized spacial score (nSPS) is 11.1. The summed E-state index contributed by atoms with van der Waals surface area (Å²) in [5.41, 5.74) is 3.69. The average Bonchev–Trinajstić information content (AvgIpc) is 2.74. The van der Waals surface area contributed by atoms with Gasteiger partial charge in [-0.05, 0) is 62.2 Å². The fraction of sp³-hybridized carbons (Fsp3) is 0.208. The highest BCUT2D eigenvalue weighted by Crippen LogP contribution is 2.29. The van der Waals surface area contributed by atoms with Crippen LogP contribution in [-0.4, -0.2) is 28.0 Å². The number of benzene rings is 3. The second-order valence-electron chi connectivity index (χ2n) is 7.32. The Bertz CT molecular complexity index is 1190. The first-order valence-corrected chi connectivity index (χ1v) is 11.3. The summed E-state index contributed by atoms with van der Waals surface area (Å²) in [4.78, 5) is 13.0. The first-order valence-electron chi connectivity index (χ1n) is 9.82. The van der Waals surface area contributed by atoms with Gasteiger partial charge in [-0.15, -0.1) is 0 Å². The number of methoxy groups -OCH3 is 1. The van der Waals surface area contributed by atoms with Crippen molar-refractivity contribution < 1.29 is 17.9 Å². The zero-order chi connectivity index (χ0) is 22.6. The summed E-state index contributed by atoms with van der Waals surface area (Å²) >= 11 is 0. The van der Waals surface area contributed by atoms with Crippen molar-refractivity contribution in [3.8, 4) is 5.75 Å². The van der Waals surface area contributed by atoms with Crippen molar-refractivity contribution in [2.75, 3.05) is 23.3 Å². The summed E-state index contributed by atoms with van der Waals surface area (Å²) in [7, 11) is -2.42. The van der Waals surface area contributed by atoms with Crippen LogP contribution in [0.4, 0.5) is 11.4 Å². The minimum Gasteiger partial charge on any atom is -0.497 e. The monoisotopic (exact) mass is 438 g/mol. The standard InChI is InChI=1S/C24H26N2O4S/c1-17-11-13-22(14-12-17)31(28,29)26(23-10-5-7-18(2)19(23)3)16-24(27)25-20-8-6-9-21(15-20)30-4/h5-15H,16H2,1-4H3,(H,25,27). The molecule has 0 aliphatic rings. The highest BCUT2D eigenvalue weighted by atomic mass is 32.2. The number of hydrogen-bond donors (Lipinski definition) is 1. The van der Waals surface area contributed by atoms with Gasteiger partial charge in [0.1, 0.15) is 12.3 Å². The van der Waals surface area contributed by atoms with Gasteiger partial charge in [0.15, 0.2) is 0 Å². The Hall–Kier alpha value is -3.32. The van der Waals surface area contributed by atoms with E-state index in [9.17, 15) is 13.2 Å². The molecule has 162 valence electrons. The third-order valence-electron chi connectivity index (χ3n) is 5.09. The Morgan fingerprint density at radius 2 is 1.65 bits per heavy atom. The minimum atomic E-state index is -3.96. The molecule has 0 aromatic heterocycles. The fourth-order valence-corrected chi connectivity index (χ4v) is 4.65. The Balaban J connectivity index is 1.98. The maximum atomic E-state index is 13.5. The maximum absolute atomic E-state index is 13.5. The molecule has 6 nitrogen and oxygen atoms in total. The lowest BCUT2D eigenvalue weighted by atomic mass is 10.1. The Labute approximate surface area is 183 Å². The molecule has 3 rings (SSSR count). The van der Waals surface area contributed by atoms with Crippen molar-refractivity contribution in [2.45, 2.75) is 25.7 Å². The van der Waals surface area contributed by atoms with E-state index in [-0.39, 0.29) is 11.4 Å².